The average Bonchev–Trinajstić information content (AvgIpc) is 3.77. The van der Waals surface area contributed by atoms with E-state index in [0.29, 0.717) is 45.9 Å². The van der Waals surface area contributed by atoms with Gasteiger partial charge >= 0.3 is 18.5 Å². The summed E-state index contributed by atoms with van der Waals surface area (Å²) >= 11 is 3.49. The number of pyridine rings is 6. The number of halogens is 1. The first-order valence-corrected chi connectivity index (χ1v) is 20.8. The third-order valence-electron chi connectivity index (χ3n) is 10.6. The number of nitrogens with zero attached hydrogens (tertiary/aromatic N) is 10. The molecule has 0 aliphatic heterocycles. The predicted octanol–water partition coefficient (Wildman–Crippen LogP) is 5.17. The monoisotopic (exact) mass is 950 g/mol. The molecular formula is C46H40BBrN10O8. The summed E-state index contributed by atoms with van der Waals surface area (Å²) in [6.07, 6.45) is 9.81. The molecule has 0 bridgehead atoms. The molecule has 8 aromatic heterocycles. The highest BCUT2D eigenvalue weighted by Gasteiger charge is 2.21. The summed E-state index contributed by atoms with van der Waals surface area (Å²) in [4.78, 5) is 51.7. The Kier molecular flexibility index (Phi) is 12.9. The zero-order valence-electron chi connectivity index (χ0n) is 36.3. The van der Waals surface area contributed by atoms with Crippen molar-refractivity contribution in [2.75, 3.05) is 28.4 Å². The SMILES string of the molecule is COc1ccc(-c2ccc3ncc4c(c3c2)n(-c2cccnc2OC)c(=O)n4C)cn1.COc1ccc(B(O)O)cn1.COc1ncccc1-n1c(=O)n(C)c2cnc3ccc(Br)cc3c21. The Labute approximate surface area is 384 Å². The standard InChI is InChI=1S/C23H19N5O3.C17H13BrN4O2.C6H8BNO3/c1-27-19-13-25-17-8-6-14(15-7-9-20(30-2)26-12-15)11-16(17)21(19)28(23(27)29)18-5-4-10-24-22(18)31-3;1-21-14-9-20-12-6-5-10(18)8-11(12)15(14)22(17(21)23)13-4-3-7-19-16(13)24-2;1-11-6-3-2-5(4-8-6)7(9)10/h4-13H,1-3H3;3-9H,1-2H3;2-4,9-10H,1H3. The molecule has 0 fully saturated rings. The Bertz CT molecular complexity index is 3500. The van der Waals surface area contributed by atoms with Gasteiger partial charge in [-0.05, 0) is 72.3 Å². The Morgan fingerprint density at radius 3 is 1.52 bits per heavy atom. The molecule has 20 heteroatoms. The first-order chi connectivity index (χ1) is 32.0. The summed E-state index contributed by atoms with van der Waals surface area (Å²) in [6.45, 7) is 0. The van der Waals surface area contributed by atoms with Gasteiger partial charge in [-0.1, -0.05) is 28.1 Å². The largest absolute Gasteiger partial charge is 0.490 e. The van der Waals surface area contributed by atoms with E-state index in [1.807, 2.05) is 60.7 Å². The molecule has 2 aromatic carbocycles. The van der Waals surface area contributed by atoms with Crippen LogP contribution in [0.2, 0.25) is 0 Å². The lowest BCUT2D eigenvalue weighted by Crippen LogP contribution is -2.29. The number of benzene rings is 2. The highest BCUT2D eigenvalue weighted by atomic mass is 79.9. The number of ether oxygens (including phenoxy) is 4. The molecule has 0 aliphatic carbocycles. The second kappa shape index (κ2) is 19.0. The Morgan fingerprint density at radius 1 is 0.545 bits per heavy atom. The van der Waals surface area contributed by atoms with Crippen LogP contribution in [0.1, 0.15) is 0 Å². The third-order valence-corrected chi connectivity index (χ3v) is 11.1. The summed E-state index contributed by atoms with van der Waals surface area (Å²) in [5.74, 6) is 1.77. The molecule has 0 spiro atoms. The normalized spacial score (nSPS) is 10.9. The van der Waals surface area contributed by atoms with Crippen molar-refractivity contribution in [3.8, 4) is 46.0 Å². The van der Waals surface area contributed by atoms with Crippen molar-refractivity contribution >= 4 is 72.4 Å². The van der Waals surface area contributed by atoms with Crippen LogP contribution in [0.3, 0.4) is 0 Å². The lowest BCUT2D eigenvalue weighted by atomic mass is 9.82. The van der Waals surface area contributed by atoms with Gasteiger partial charge in [0.1, 0.15) is 11.4 Å². The van der Waals surface area contributed by atoms with Crippen LogP contribution in [0.5, 0.6) is 23.5 Å². The van der Waals surface area contributed by atoms with Gasteiger partial charge < -0.3 is 29.0 Å². The number of hydrogen-bond acceptors (Lipinski definition) is 14. The summed E-state index contributed by atoms with van der Waals surface area (Å²) in [5.41, 5.74) is 7.61. The lowest BCUT2D eigenvalue weighted by Gasteiger charge is -2.10. The van der Waals surface area contributed by atoms with Crippen molar-refractivity contribution in [2.45, 2.75) is 0 Å². The maximum atomic E-state index is 13.2. The van der Waals surface area contributed by atoms with Crippen molar-refractivity contribution in [2.24, 2.45) is 14.1 Å². The quantitative estimate of drug-likeness (QED) is 0.189. The second-order valence-electron chi connectivity index (χ2n) is 14.4. The van der Waals surface area contributed by atoms with E-state index in [0.717, 1.165) is 54.0 Å². The van der Waals surface area contributed by atoms with Crippen LogP contribution >= 0.6 is 15.9 Å². The van der Waals surface area contributed by atoms with E-state index in [9.17, 15) is 9.59 Å². The van der Waals surface area contributed by atoms with Crippen LogP contribution in [0.25, 0.3) is 66.4 Å². The fourth-order valence-corrected chi connectivity index (χ4v) is 7.71. The molecule has 18 nitrogen and oxygen atoms in total. The van der Waals surface area contributed by atoms with Crippen molar-refractivity contribution in [1.82, 2.24) is 48.2 Å². The summed E-state index contributed by atoms with van der Waals surface area (Å²) in [6, 6.07) is 25.8. The lowest BCUT2D eigenvalue weighted by molar-refractivity contribution is 0.395. The van der Waals surface area contributed by atoms with Crippen LogP contribution in [0, 0.1) is 0 Å². The zero-order chi connectivity index (χ0) is 46.6. The van der Waals surface area contributed by atoms with E-state index in [2.05, 4.69) is 45.8 Å². The van der Waals surface area contributed by atoms with E-state index in [1.54, 1.807) is 88.7 Å². The molecule has 0 radical (unpaired) electrons. The number of fused-ring (bicyclic) bond motifs is 6. The van der Waals surface area contributed by atoms with Gasteiger partial charge in [-0.25, -0.2) is 29.5 Å². The van der Waals surface area contributed by atoms with Gasteiger partial charge in [-0.15, -0.1) is 0 Å². The van der Waals surface area contributed by atoms with E-state index in [4.69, 9.17) is 29.0 Å². The first kappa shape index (κ1) is 44.7. The van der Waals surface area contributed by atoms with Crippen LogP contribution in [0.4, 0.5) is 0 Å². The Morgan fingerprint density at radius 2 is 1.05 bits per heavy atom. The molecule has 10 rings (SSSR count). The van der Waals surface area contributed by atoms with Gasteiger partial charge in [0.05, 0.1) is 73.9 Å². The highest BCUT2D eigenvalue weighted by molar-refractivity contribution is 9.10. The molecule has 2 N–H and O–H groups in total. The Hall–Kier alpha value is -7.94. The smallest absolute Gasteiger partial charge is 0.481 e. The van der Waals surface area contributed by atoms with E-state index < -0.39 is 7.12 Å². The summed E-state index contributed by atoms with van der Waals surface area (Å²) in [7, 11) is 8.16. The maximum Gasteiger partial charge on any atom is 0.490 e. The molecule has 0 aliphatic rings. The van der Waals surface area contributed by atoms with Gasteiger partial charge in [0.25, 0.3) is 0 Å². The van der Waals surface area contributed by atoms with Gasteiger partial charge in [0.15, 0.2) is 0 Å². The molecule has 0 saturated carbocycles. The molecule has 0 unspecified atom stereocenters. The van der Waals surface area contributed by atoms with Crippen molar-refractivity contribution in [1.29, 1.82) is 0 Å². The van der Waals surface area contributed by atoms with Crippen molar-refractivity contribution in [3.63, 3.8) is 0 Å². The van der Waals surface area contributed by atoms with Gasteiger partial charge in [-0.2, -0.15) is 0 Å². The second-order valence-corrected chi connectivity index (χ2v) is 15.3. The van der Waals surface area contributed by atoms with Gasteiger partial charge in [0, 0.05) is 71.2 Å². The van der Waals surface area contributed by atoms with E-state index in [-0.39, 0.29) is 11.4 Å². The molecule has 10 aromatic rings. The maximum absolute atomic E-state index is 13.2. The molecule has 66 heavy (non-hydrogen) atoms. The molecule has 0 saturated heterocycles. The van der Waals surface area contributed by atoms with Crippen LogP contribution in [-0.2, 0) is 14.1 Å². The van der Waals surface area contributed by atoms with Crippen molar-refractivity contribution < 1.29 is 29.0 Å². The number of rotatable bonds is 8. The topological polar surface area (TPSA) is 209 Å². The Balaban J connectivity index is 0.000000149. The number of aryl methyl sites for hydroxylation is 2. The fraction of sp³-hybridized carbons (Fsp3) is 0.130. The molecule has 0 amide bonds. The number of methoxy groups -OCH3 is 4. The molecule has 8 heterocycles. The zero-order valence-corrected chi connectivity index (χ0v) is 37.9. The molecular weight excluding hydrogens is 911 g/mol. The predicted molar refractivity (Wildman–Crippen MR) is 254 cm³/mol. The third kappa shape index (κ3) is 8.42. The number of imidazole rings is 2. The molecule has 0 atom stereocenters. The van der Waals surface area contributed by atoms with Crippen LogP contribution in [-0.4, -0.2) is 93.8 Å². The van der Waals surface area contributed by atoms with Crippen LogP contribution < -0.4 is 35.8 Å². The minimum Gasteiger partial charge on any atom is -0.481 e. The van der Waals surface area contributed by atoms with Gasteiger partial charge in [-0.3, -0.25) is 28.2 Å². The van der Waals surface area contributed by atoms with Gasteiger partial charge in [0.2, 0.25) is 23.5 Å². The van der Waals surface area contributed by atoms with E-state index >= 15 is 0 Å². The molecule has 332 valence electrons. The summed E-state index contributed by atoms with van der Waals surface area (Å²) < 4.78 is 28.0. The van der Waals surface area contributed by atoms with E-state index in [1.165, 1.54) is 33.6 Å². The first-order valence-electron chi connectivity index (χ1n) is 20.0. The van der Waals surface area contributed by atoms with Crippen molar-refractivity contribution in [3.05, 3.63) is 148 Å². The average molecular weight is 952 g/mol. The fourth-order valence-electron chi connectivity index (χ4n) is 7.35. The minimum absolute atomic E-state index is 0.175. The highest BCUT2D eigenvalue weighted by Crippen LogP contribution is 2.32. The summed E-state index contributed by atoms with van der Waals surface area (Å²) in [5, 5.41) is 19.0. The minimum atomic E-state index is -1.46. The van der Waals surface area contributed by atoms with Crippen LogP contribution in [0.15, 0.2) is 136 Å². The number of aromatic nitrogens is 10. The number of hydrogen-bond donors (Lipinski definition) is 2.